The third-order valence-corrected chi connectivity index (χ3v) is 5.12. The van der Waals surface area contributed by atoms with Gasteiger partial charge in [0.25, 0.3) is 0 Å². The molecule has 2 aromatic carbocycles. The van der Waals surface area contributed by atoms with Crippen LogP contribution in [0, 0.1) is 0 Å². The summed E-state index contributed by atoms with van der Waals surface area (Å²) in [5.41, 5.74) is 9.20. The lowest BCUT2D eigenvalue weighted by atomic mass is 10.1. The van der Waals surface area contributed by atoms with Crippen molar-refractivity contribution >= 4 is 34.0 Å². The maximum Gasteiger partial charge on any atom is 0.347 e. The van der Waals surface area contributed by atoms with Crippen LogP contribution in [-0.4, -0.2) is 51.0 Å². The maximum absolute atomic E-state index is 11.8. The van der Waals surface area contributed by atoms with E-state index >= 15 is 0 Å². The normalized spacial score (nSPS) is 10.5. The minimum Gasteiger partial charge on any atom is -0.465 e. The number of esters is 2. The Kier molecular flexibility index (Phi) is 6.08. The molecule has 0 saturated carbocycles. The van der Waals surface area contributed by atoms with Gasteiger partial charge in [-0.05, 0) is 24.3 Å². The molecule has 172 valence electrons. The van der Waals surface area contributed by atoms with E-state index in [4.69, 9.17) is 10.5 Å². The zero-order chi connectivity index (χ0) is 24.2. The number of carbonyl (C=O) groups excluding carboxylic acids is 2. The fourth-order valence-corrected chi connectivity index (χ4v) is 3.50. The average molecular weight is 460 g/mol. The van der Waals surface area contributed by atoms with Crippen molar-refractivity contribution in [1.82, 2.24) is 24.8 Å². The summed E-state index contributed by atoms with van der Waals surface area (Å²) >= 11 is 0. The summed E-state index contributed by atoms with van der Waals surface area (Å²) in [6.07, 6.45) is 3.16. The first kappa shape index (κ1) is 22.3. The van der Waals surface area contributed by atoms with E-state index in [2.05, 4.69) is 25.0 Å². The van der Waals surface area contributed by atoms with Crippen LogP contribution in [0.3, 0.4) is 0 Å². The van der Waals surface area contributed by atoms with Crippen LogP contribution >= 0.6 is 0 Å². The summed E-state index contributed by atoms with van der Waals surface area (Å²) < 4.78 is 10.6. The summed E-state index contributed by atoms with van der Waals surface area (Å²) in [6.45, 7) is 0. The Morgan fingerprint density at radius 3 is 2.35 bits per heavy atom. The quantitative estimate of drug-likeness (QED) is 0.274. The van der Waals surface area contributed by atoms with Crippen molar-refractivity contribution in [3.63, 3.8) is 0 Å². The lowest BCUT2D eigenvalue weighted by molar-refractivity contribution is 0.0593. The number of anilines is 1. The summed E-state index contributed by atoms with van der Waals surface area (Å²) in [4.78, 5) is 37.5. The molecule has 0 aliphatic rings. The highest BCUT2D eigenvalue weighted by Crippen LogP contribution is 2.27. The zero-order valence-electron chi connectivity index (χ0n) is 18.2. The number of carbonyl (C=O) groups is 2. The number of ether oxygens (including phenoxy) is 2. The number of nitrogens with one attached hydrogen (secondary N) is 2. The molecule has 0 atom stereocenters. The third-order valence-electron chi connectivity index (χ3n) is 5.12. The van der Waals surface area contributed by atoms with Crippen molar-refractivity contribution in [2.45, 2.75) is 0 Å². The number of nitrogens with two attached hydrogens (primary N) is 1. The molecule has 0 saturated heterocycles. The van der Waals surface area contributed by atoms with Gasteiger partial charge >= 0.3 is 17.6 Å². The van der Waals surface area contributed by atoms with E-state index in [-0.39, 0.29) is 5.69 Å². The minimum absolute atomic E-state index is 0.329. The number of hydrogen-bond donors (Lipinski definition) is 3. The van der Waals surface area contributed by atoms with E-state index in [1.165, 1.54) is 24.9 Å². The standard InChI is InChI=1S/C12H9N3O3.C11H11N3O2/c1-18-11(16)8-4-2-3-7-9-5-6-13-15(9)12(17)14-10(7)8;1-16-11(15)8-4-2-3-7(10(8)12)9-5-6-13-14-9/h2-6H,1H3,(H,14,17);2-6H,12H2,1H3,(H,13,14). The number of methoxy groups -OCH3 is 2. The lowest BCUT2D eigenvalue weighted by Crippen LogP contribution is -2.18. The van der Waals surface area contributed by atoms with Gasteiger partial charge in [-0.25, -0.2) is 14.4 Å². The number of rotatable bonds is 3. The smallest absolute Gasteiger partial charge is 0.347 e. The van der Waals surface area contributed by atoms with Crippen LogP contribution in [0.15, 0.2) is 65.7 Å². The highest BCUT2D eigenvalue weighted by Gasteiger charge is 2.15. The molecule has 0 bridgehead atoms. The molecule has 0 aliphatic heterocycles. The van der Waals surface area contributed by atoms with Crippen LogP contribution < -0.4 is 11.4 Å². The average Bonchev–Trinajstić information content (AvgIpc) is 3.56. The van der Waals surface area contributed by atoms with E-state index in [1.54, 1.807) is 42.6 Å². The van der Waals surface area contributed by atoms with Crippen LogP contribution in [-0.2, 0) is 9.47 Å². The van der Waals surface area contributed by atoms with E-state index in [9.17, 15) is 14.4 Å². The molecule has 0 amide bonds. The first-order valence-corrected chi connectivity index (χ1v) is 10.00. The summed E-state index contributed by atoms with van der Waals surface area (Å²) in [5, 5.41) is 11.3. The SMILES string of the molecule is COC(=O)c1cccc(-c2ccn[nH]2)c1N.COC(=O)c1cccc2c1[nH]c(=O)n1nccc21. The van der Waals surface area contributed by atoms with Crippen molar-refractivity contribution in [1.29, 1.82) is 0 Å². The van der Waals surface area contributed by atoms with Gasteiger partial charge in [0.1, 0.15) is 0 Å². The molecule has 5 rings (SSSR count). The molecule has 0 radical (unpaired) electrons. The van der Waals surface area contributed by atoms with Crippen LogP contribution in [0.5, 0.6) is 0 Å². The molecule has 11 nitrogen and oxygen atoms in total. The topological polar surface area (TPSA) is 157 Å². The largest absolute Gasteiger partial charge is 0.465 e. The molecule has 4 N–H and O–H groups in total. The van der Waals surface area contributed by atoms with Crippen LogP contribution in [0.4, 0.5) is 5.69 Å². The van der Waals surface area contributed by atoms with E-state index in [0.717, 1.165) is 16.6 Å². The third kappa shape index (κ3) is 3.97. The number of fused-ring (bicyclic) bond motifs is 3. The predicted octanol–water partition coefficient (Wildman–Crippen LogP) is 2.41. The first-order valence-electron chi connectivity index (χ1n) is 10.00. The first-order chi connectivity index (χ1) is 16.5. The highest BCUT2D eigenvalue weighted by molar-refractivity contribution is 6.06. The Morgan fingerprint density at radius 2 is 1.65 bits per heavy atom. The number of para-hydroxylation sites is 2. The fraction of sp³-hybridized carbons (Fsp3) is 0.0870. The molecular weight excluding hydrogens is 440 g/mol. The van der Waals surface area contributed by atoms with Gasteiger partial charge in [-0.2, -0.15) is 14.7 Å². The fourth-order valence-electron chi connectivity index (χ4n) is 3.50. The van der Waals surface area contributed by atoms with Crippen LogP contribution in [0.1, 0.15) is 20.7 Å². The molecule has 34 heavy (non-hydrogen) atoms. The van der Waals surface area contributed by atoms with Crippen LogP contribution in [0.25, 0.3) is 27.7 Å². The molecule has 0 aliphatic carbocycles. The number of aromatic amines is 2. The lowest BCUT2D eigenvalue weighted by Gasteiger charge is -2.07. The van der Waals surface area contributed by atoms with E-state index < -0.39 is 11.9 Å². The molecule has 11 heteroatoms. The van der Waals surface area contributed by atoms with E-state index in [0.29, 0.717) is 27.8 Å². The van der Waals surface area contributed by atoms with Gasteiger partial charge in [-0.15, -0.1) is 0 Å². The van der Waals surface area contributed by atoms with Crippen molar-refractivity contribution in [2.24, 2.45) is 0 Å². The second kappa shape index (κ2) is 9.28. The monoisotopic (exact) mass is 460 g/mol. The van der Waals surface area contributed by atoms with Crippen LogP contribution in [0.2, 0.25) is 0 Å². The summed E-state index contributed by atoms with van der Waals surface area (Å²) in [5.74, 6) is -0.931. The molecule has 0 spiro atoms. The van der Waals surface area contributed by atoms with Gasteiger partial charge in [-0.1, -0.05) is 24.3 Å². The number of hydrogen-bond acceptors (Lipinski definition) is 8. The number of H-pyrrole nitrogens is 2. The highest BCUT2D eigenvalue weighted by atomic mass is 16.5. The molecular formula is C23H20N6O5. The van der Waals surface area contributed by atoms with Gasteiger partial charge in [0, 0.05) is 17.1 Å². The molecule has 3 heterocycles. The maximum atomic E-state index is 11.8. The van der Waals surface area contributed by atoms with Gasteiger partial charge in [0.2, 0.25) is 0 Å². The van der Waals surface area contributed by atoms with Gasteiger partial charge in [0.15, 0.2) is 0 Å². The predicted molar refractivity (Wildman–Crippen MR) is 124 cm³/mol. The van der Waals surface area contributed by atoms with Crippen molar-refractivity contribution in [2.75, 3.05) is 20.0 Å². The molecule has 5 aromatic rings. The number of aromatic nitrogens is 5. The molecule has 0 fully saturated rings. The Hall–Kier alpha value is -4.93. The summed E-state index contributed by atoms with van der Waals surface area (Å²) in [6, 6.07) is 13.9. The second-order valence-electron chi connectivity index (χ2n) is 7.01. The van der Waals surface area contributed by atoms with E-state index in [1.807, 2.05) is 12.1 Å². The number of nitrogens with zero attached hydrogens (tertiary/aromatic N) is 3. The van der Waals surface area contributed by atoms with Gasteiger partial charge < -0.3 is 20.2 Å². The molecule has 3 aromatic heterocycles. The molecule has 0 unspecified atom stereocenters. The number of nitrogen functional groups attached to an aromatic ring is 1. The summed E-state index contributed by atoms with van der Waals surface area (Å²) in [7, 11) is 2.63. The Balaban J connectivity index is 0.000000162. The Bertz CT molecular complexity index is 1550. The van der Waals surface area contributed by atoms with Crippen molar-refractivity contribution in [3.05, 3.63) is 82.5 Å². The van der Waals surface area contributed by atoms with Gasteiger partial charge in [0.05, 0.1) is 54.0 Å². The number of benzene rings is 2. The Labute approximate surface area is 192 Å². The zero-order valence-corrected chi connectivity index (χ0v) is 18.2. The Morgan fingerprint density at radius 1 is 0.941 bits per heavy atom. The second-order valence-corrected chi connectivity index (χ2v) is 7.01. The van der Waals surface area contributed by atoms with Crippen molar-refractivity contribution < 1.29 is 19.1 Å². The van der Waals surface area contributed by atoms with Crippen molar-refractivity contribution in [3.8, 4) is 11.3 Å². The minimum atomic E-state index is -0.486. The van der Waals surface area contributed by atoms with Gasteiger partial charge in [-0.3, -0.25) is 5.10 Å².